The molecular weight excluding hydrogens is 258 g/mol. The van der Waals surface area contributed by atoms with E-state index in [-0.39, 0.29) is 11.7 Å². The topological polar surface area (TPSA) is 79.4 Å². The molecule has 20 heavy (non-hydrogen) atoms. The Morgan fingerprint density at radius 3 is 2.75 bits per heavy atom. The summed E-state index contributed by atoms with van der Waals surface area (Å²) in [6.45, 7) is 5.28. The van der Waals surface area contributed by atoms with Gasteiger partial charge in [0.05, 0.1) is 22.8 Å². The lowest BCUT2D eigenvalue weighted by Crippen LogP contribution is -2.36. The summed E-state index contributed by atoms with van der Waals surface area (Å²) in [6.07, 6.45) is 0.908. The van der Waals surface area contributed by atoms with Gasteiger partial charge < -0.3 is 9.64 Å². The zero-order valence-electron chi connectivity index (χ0n) is 12.0. The third-order valence-corrected chi connectivity index (χ3v) is 3.28. The van der Waals surface area contributed by atoms with E-state index in [1.165, 1.54) is 12.1 Å². The van der Waals surface area contributed by atoms with E-state index in [1.54, 1.807) is 13.2 Å². The van der Waals surface area contributed by atoms with Crippen molar-refractivity contribution in [1.82, 2.24) is 0 Å². The van der Waals surface area contributed by atoms with Gasteiger partial charge in [-0.15, -0.1) is 0 Å². The smallest absolute Gasteiger partial charge is 0.270 e. The van der Waals surface area contributed by atoms with E-state index in [4.69, 9.17) is 4.74 Å². The van der Waals surface area contributed by atoms with E-state index in [1.807, 2.05) is 11.0 Å². The van der Waals surface area contributed by atoms with Crippen LogP contribution >= 0.6 is 0 Å². The summed E-state index contributed by atoms with van der Waals surface area (Å²) in [6, 6.07) is 6.64. The molecule has 108 valence electrons. The van der Waals surface area contributed by atoms with Gasteiger partial charge in [0, 0.05) is 31.8 Å². The first-order chi connectivity index (χ1) is 9.54. The summed E-state index contributed by atoms with van der Waals surface area (Å²) in [4.78, 5) is 12.3. The normalized spacial score (nSPS) is 11.7. The number of nitriles is 1. The van der Waals surface area contributed by atoms with Crippen LogP contribution in [0.4, 0.5) is 11.4 Å². The molecule has 0 aromatic heterocycles. The highest BCUT2D eigenvalue weighted by atomic mass is 16.6. The fourth-order valence-corrected chi connectivity index (χ4v) is 1.97. The maximum atomic E-state index is 10.8. The van der Waals surface area contributed by atoms with Crippen LogP contribution in [0.5, 0.6) is 0 Å². The van der Waals surface area contributed by atoms with E-state index in [9.17, 15) is 15.4 Å². The van der Waals surface area contributed by atoms with Gasteiger partial charge in [0.25, 0.3) is 5.69 Å². The maximum absolute atomic E-state index is 10.8. The third-order valence-electron chi connectivity index (χ3n) is 3.28. The van der Waals surface area contributed by atoms with E-state index in [0.29, 0.717) is 24.4 Å². The van der Waals surface area contributed by atoms with Crippen molar-refractivity contribution in [2.45, 2.75) is 26.3 Å². The van der Waals surface area contributed by atoms with Crippen molar-refractivity contribution in [3.05, 3.63) is 33.9 Å². The number of nitro benzene ring substituents is 1. The lowest BCUT2D eigenvalue weighted by atomic mass is 10.1. The number of rotatable bonds is 7. The molecule has 0 aliphatic heterocycles. The van der Waals surface area contributed by atoms with Crippen molar-refractivity contribution < 1.29 is 9.66 Å². The van der Waals surface area contributed by atoms with E-state index >= 15 is 0 Å². The molecule has 1 aromatic carbocycles. The molecule has 1 rings (SSSR count). The average molecular weight is 277 g/mol. The monoisotopic (exact) mass is 277 g/mol. The third kappa shape index (κ3) is 3.68. The van der Waals surface area contributed by atoms with Gasteiger partial charge in [0.1, 0.15) is 6.07 Å². The highest BCUT2D eigenvalue weighted by Gasteiger charge is 2.19. The van der Waals surface area contributed by atoms with Gasteiger partial charge in [-0.05, 0) is 19.4 Å². The second kappa shape index (κ2) is 7.46. The predicted molar refractivity (Wildman–Crippen MR) is 76.8 cm³/mol. The first-order valence-corrected chi connectivity index (χ1v) is 6.49. The van der Waals surface area contributed by atoms with Gasteiger partial charge in [0.15, 0.2) is 0 Å². The quantitative estimate of drug-likeness (QED) is 0.565. The van der Waals surface area contributed by atoms with Crippen LogP contribution in [0.3, 0.4) is 0 Å². The van der Waals surface area contributed by atoms with Gasteiger partial charge in [-0.1, -0.05) is 6.92 Å². The van der Waals surface area contributed by atoms with Gasteiger partial charge in [-0.3, -0.25) is 10.1 Å². The predicted octanol–water partition coefficient (Wildman–Crippen LogP) is 2.72. The zero-order chi connectivity index (χ0) is 15.1. The molecular formula is C14H19N3O3. The highest BCUT2D eigenvalue weighted by Crippen LogP contribution is 2.27. The van der Waals surface area contributed by atoms with Crippen LogP contribution in [0.2, 0.25) is 0 Å². The second-order valence-electron chi connectivity index (χ2n) is 4.51. The molecule has 1 atom stereocenters. The molecule has 0 saturated heterocycles. The molecule has 0 radical (unpaired) electrons. The number of nitro groups is 1. The molecule has 1 aromatic rings. The molecule has 0 bridgehead atoms. The first kappa shape index (κ1) is 15.9. The molecule has 6 heteroatoms. The Hall–Kier alpha value is -2.13. The fraction of sp³-hybridized carbons (Fsp3) is 0.500. The van der Waals surface area contributed by atoms with Crippen LogP contribution in [-0.4, -0.2) is 31.2 Å². The Morgan fingerprint density at radius 1 is 1.55 bits per heavy atom. The van der Waals surface area contributed by atoms with Crippen molar-refractivity contribution in [3.63, 3.8) is 0 Å². The average Bonchev–Trinajstić information content (AvgIpc) is 2.47. The fourth-order valence-electron chi connectivity index (χ4n) is 1.97. The van der Waals surface area contributed by atoms with Gasteiger partial charge in [-0.2, -0.15) is 5.26 Å². The van der Waals surface area contributed by atoms with Crippen LogP contribution in [-0.2, 0) is 4.74 Å². The van der Waals surface area contributed by atoms with Gasteiger partial charge in [-0.25, -0.2) is 0 Å². The molecule has 0 amide bonds. The molecule has 6 nitrogen and oxygen atoms in total. The first-order valence-electron chi connectivity index (χ1n) is 6.49. The second-order valence-corrected chi connectivity index (χ2v) is 4.51. The minimum absolute atomic E-state index is 0.0684. The zero-order valence-corrected chi connectivity index (χ0v) is 12.0. The Kier molecular flexibility index (Phi) is 5.94. The Labute approximate surface area is 118 Å². The van der Waals surface area contributed by atoms with Crippen molar-refractivity contribution in [2.75, 3.05) is 25.2 Å². The van der Waals surface area contributed by atoms with Crippen molar-refractivity contribution in [1.29, 1.82) is 5.26 Å². The summed E-state index contributed by atoms with van der Waals surface area (Å²) >= 11 is 0. The van der Waals surface area contributed by atoms with Gasteiger partial charge >= 0.3 is 0 Å². The van der Waals surface area contributed by atoms with Crippen molar-refractivity contribution >= 4 is 11.4 Å². The van der Waals surface area contributed by atoms with E-state index < -0.39 is 4.92 Å². The summed E-state index contributed by atoms with van der Waals surface area (Å²) < 4.78 is 5.09. The number of nitrogens with zero attached hydrogens (tertiary/aromatic N) is 3. The Morgan fingerprint density at radius 2 is 2.25 bits per heavy atom. The molecule has 0 spiro atoms. The molecule has 0 N–H and O–H groups in total. The number of benzene rings is 1. The van der Waals surface area contributed by atoms with Crippen LogP contribution < -0.4 is 4.90 Å². The molecule has 0 aliphatic carbocycles. The largest absolute Gasteiger partial charge is 0.383 e. The molecule has 1 unspecified atom stereocenters. The van der Waals surface area contributed by atoms with Crippen LogP contribution in [0.1, 0.15) is 25.8 Å². The van der Waals surface area contributed by atoms with Crippen LogP contribution in [0.25, 0.3) is 0 Å². The van der Waals surface area contributed by atoms with Crippen LogP contribution in [0.15, 0.2) is 18.2 Å². The van der Waals surface area contributed by atoms with Crippen molar-refractivity contribution in [3.8, 4) is 6.07 Å². The minimum atomic E-state index is -0.493. The minimum Gasteiger partial charge on any atom is -0.383 e. The number of non-ortho nitro benzene ring substituents is 1. The Balaban J connectivity index is 3.18. The van der Waals surface area contributed by atoms with E-state index in [2.05, 4.69) is 13.8 Å². The SMILES string of the molecule is CCC(C)N(CCOC)c1ccc([N+](=O)[O-])cc1C#N. The molecule has 0 heterocycles. The number of ether oxygens (including phenoxy) is 1. The molecule has 0 saturated carbocycles. The standard InChI is InChI=1S/C14H19N3O3/c1-4-11(2)16(7-8-20-3)14-6-5-13(17(18)19)9-12(14)10-15/h5-6,9,11H,4,7-8H2,1-3H3. The summed E-state index contributed by atoms with van der Waals surface area (Å²) in [5.41, 5.74) is 0.959. The molecule has 0 aliphatic rings. The maximum Gasteiger partial charge on any atom is 0.270 e. The Bertz CT molecular complexity index is 511. The van der Waals surface area contributed by atoms with Gasteiger partial charge in [0.2, 0.25) is 0 Å². The van der Waals surface area contributed by atoms with E-state index in [0.717, 1.165) is 6.42 Å². The lowest BCUT2D eigenvalue weighted by molar-refractivity contribution is -0.384. The number of anilines is 1. The molecule has 0 fully saturated rings. The summed E-state index contributed by atoms with van der Waals surface area (Å²) in [5.74, 6) is 0. The highest BCUT2D eigenvalue weighted by molar-refractivity contribution is 5.63. The number of methoxy groups -OCH3 is 1. The van der Waals surface area contributed by atoms with Crippen LogP contribution in [0, 0.1) is 21.4 Å². The van der Waals surface area contributed by atoms with Crippen molar-refractivity contribution in [2.24, 2.45) is 0 Å². The summed E-state index contributed by atoms with van der Waals surface area (Å²) in [7, 11) is 1.62. The number of hydrogen-bond acceptors (Lipinski definition) is 5. The number of hydrogen-bond donors (Lipinski definition) is 0. The lowest BCUT2D eigenvalue weighted by Gasteiger charge is -2.31. The summed E-state index contributed by atoms with van der Waals surface area (Å²) in [5, 5.41) is 20.0.